The van der Waals surface area contributed by atoms with Crippen molar-refractivity contribution in [3.63, 3.8) is 0 Å². The fourth-order valence-electron chi connectivity index (χ4n) is 2.77. The monoisotopic (exact) mass is 261 g/mol. The minimum atomic E-state index is 0.763. The molecule has 4 nitrogen and oxygen atoms in total. The molecule has 0 aromatic carbocycles. The van der Waals surface area contributed by atoms with Gasteiger partial charge in [0.1, 0.15) is 5.82 Å². The van der Waals surface area contributed by atoms with Gasteiger partial charge in [-0.15, -0.1) is 0 Å². The van der Waals surface area contributed by atoms with Gasteiger partial charge in [0.05, 0.1) is 6.61 Å². The van der Waals surface area contributed by atoms with Gasteiger partial charge in [0.15, 0.2) is 0 Å². The second-order valence-corrected chi connectivity index (χ2v) is 5.64. The molecule has 0 saturated heterocycles. The Hall–Kier alpha value is -1.13. The van der Waals surface area contributed by atoms with Crippen LogP contribution in [-0.2, 0) is 11.3 Å². The number of aromatic nitrogens is 1. The highest BCUT2D eigenvalue weighted by Crippen LogP contribution is 2.31. The van der Waals surface area contributed by atoms with Gasteiger partial charge in [-0.05, 0) is 24.8 Å². The molecule has 0 unspecified atom stereocenters. The number of anilines is 1. The molecule has 1 aliphatic carbocycles. The lowest BCUT2D eigenvalue weighted by Gasteiger charge is -2.23. The van der Waals surface area contributed by atoms with Gasteiger partial charge in [-0.2, -0.15) is 0 Å². The van der Waals surface area contributed by atoms with E-state index in [-0.39, 0.29) is 0 Å². The van der Waals surface area contributed by atoms with Crippen molar-refractivity contribution in [1.29, 1.82) is 0 Å². The molecule has 3 rings (SSSR count). The van der Waals surface area contributed by atoms with Crippen LogP contribution in [0.1, 0.15) is 18.4 Å². The van der Waals surface area contributed by atoms with Gasteiger partial charge in [0.25, 0.3) is 0 Å². The number of nitrogens with zero attached hydrogens (tertiary/aromatic N) is 3. The molecule has 0 radical (unpaired) electrons. The standard InChI is InChI=1S/C15H23N3O/c1-19-10-9-18-8-7-17(11-13-4-5-13)12-14-3-2-6-16-15(14)18/h2-3,6,13H,4-5,7-12H2,1H3. The molecular formula is C15H23N3O. The lowest BCUT2D eigenvalue weighted by molar-refractivity contribution is 0.203. The topological polar surface area (TPSA) is 28.6 Å². The quantitative estimate of drug-likeness (QED) is 0.807. The van der Waals surface area contributed by atoms with Crippen molar-refractivity contribution in [3.8, 4) is 0 Å². The number of hydrogen-bond donors (Lipinski definition) is 0. The van der Waals surface area contributed by atoms with Gasteiger partial charge in [0.2, 0.25) is 0 Å². The Morgan fingerprint density at radius 1 is 1.37 bits per heavy atom. The Morgan fingerprint density at radius 3 is 3.05 bits per heavy atom. The summed E-state index contributed by atoms with van der Waals surface area (Å²) in [6.07, 6.45) is 4.74. The first kappa shape index (κ1) is 12.9. The van der Waals surface area contributed by atoms with Gasteiger partial charge < -0.3 is 9.64 Å². The van der Waals surface area contributed by atoms with Crippen molar-refractivity contribution in [2.45, 2.75) is 19.4 Å². The van der Waals surface area contributed by atoms with E-state index in [4.69, 9.17) is 4.74 Å². The summed E-state index contributed by atoms with van der Waals surface area (Å²) in [5, 5.41) is 0. The summed E-state index contributed by atoms with van der Waals surface area (Å²) < 4.78 is 5.22. The highest BCUT2D eigenvalue weighted by molar-refractivity contribution is 5.47. The van der Waals surface area contributed by atoms with E-state index in [9.17, 15) is 0 Å². The molecule has 0 atom stereocenters. The van der Waals surface area contributed by atoms with Gasteiger partial charge in [-0.25, -0.2) is 4.98 Å². The van der Waals surface area contributed by atoms with E-state index in [1.165, 1.54) is 24.9 Å². The summed E-state index contributed by atoms with van der Waals surface area (Å²) in [6.45, 7) is 6.18. The van der Waals surface area contributed by atoms with Crippen LogP contribution in [0.2, 0.25) is 0 Å². The maximum absolute atomic E-state index is 5.22. The highest BCUT2D eigenvalue weighted by atomic mass is 16.5. The number of ether oxygens (including phenoxy) is 1. The predicted molar refractivity (Wildman–Crippen MR) is 76.3 cm³/mol. The minimum Gasteiger partial charge on any atom is -0.383 e. The Bertz CT molecular complexity index is 420. The van der Waals surface area contributed by atoms with E-state index in [0.717, 1.165) is 44.5 Å². The van der Waals surface area contributed by atoms with Crippen LogP contribution in [-0.4, -0.2) is 49.8 Å². The van der Waals surface area contributed by atoms with E-state index >= 15 is 0 Å². The fourth-order valence-corrected chi connectivity index (χ4v) is 2.77. The third-order valence-electron chi connectivity index (χ3n) is 4.03. The lowest BCUT2D eigenvalue weighted by atomic mass is 10.2. The third kappa shape index (κ3) is 3.25. The Labute approximate surface area is 115 Å². The minimum absolute atomic E-state index is 0.763. The van der Waals surface area contributed by atoms with Crippen molar-refractivity contribution >= 4 is 5.82 Å². The van der Waals surface area contributed by atoms with Crippen molar-refractivity contribution in [1.82, 2.24) is 9.88 Å². The van der Waals surface area contributed by atoms with Crippen LogP contribution < -0.4 is 4.90 Å². The normalized spacial score (nSPS) is 20.2. The van der Waals surface area contributed by atoms with Gasteiger partial charge in [-0.1, -0.05) is 6.07 Å². The molecule has 0 spiro atoms. The van der Waals surface area contributed by atoms with Crippen molar-refractivity contribution in [2.75, 3.05) is 44.8 Å². The van der Waals surface area contributed by atoms with Crippen LogP contribution >= 0.6 is 0 Å². The van der Waals surface area contributed by atoms with Crippen LogP contribution in [0.4, 0.5) is 5.82 Å². The first-order valence-electron chi connectivity index (χ1n) is 7.27. The average Bonchev–Trinajstić information content (AvgIpc) is 3.24. The first-order valence-corrected chi connectivity index (χ1v) is 7.27. The molecule has 0 bridgehead atoms. The summed E-state index contributed by atoms with van der Waals surface area (Å²) in [5.41, 5.74) is 1.36. The first-order chi connectivity index (χ1) is 9.36. The summed E-state index contributed by atoms with van der Waals surface area (Å²) >= 11 is 0. The second kappa shape index (κ2) is 5.88. The molecule has 2 aliphatic rings. The molecule has 1 aromatic heterocycles. The summed E-state index contributed by atoms with van der Waals surface area (Å²) in [4.78, 5) is 9.54. The number of rotatable bonds is 5. The van der Waals surface area contributed by atoms with E-state index in [0.29, 0.717) is 0 Å². The SMILES string of the molecule is COCCN1CCN(CC2CC2)Cc2cccnc21. The zero-order valence-corrected chi connectivity index (χ0v) is 11.7. The molecule has 19 heavy (non-hydrogen) atoms. The molecule has 2 heterocycles. The number of methoxy groups -OCH3 is 1. The molecule has 0 N–H and O–H groups in total. The van der Waals surface area contributed by atoms with Crippen LogP contribution in [0.25, 0.3) is 0 Å². The van der Waals surface area contributed by atoms with Gasteiger partial charge >= 0.3 is 0 Å². The molecule has 1 aliphatic heterocycles. The smallest absolute Gasteiger partial charge is 0.133 e. The molecule has 0 amide bonds. The van der Waals surface area contributed by atoms with E-state index < -0.39 is 0 Å². The van der Waals surface area contributed by atoms with E-state index in [1.807, 2.05) is 12.3 Å². The fraction of sp³-hybridized carbons (Fsp3) is 0.667. The maximum atomic E-state index is 5.22. The summed E-state index contributed by atoms with van der Waals surface area (Å²) in [7, 11) is 1.76. The molecule has 1 fully saturated rings. The molecule has 104 valence electrons. The average molecular weight is 261 g/mol. The van der Waals surface area contributed by atoms with E-state index in [1.54, 1.807) is 7.11 Å². The summed E-state index contributed by atoms with van der Waals surface area (Å²) in [5.74, 6) is 2.10. The summed E-state index contributed by atoms with van der Waals surface area (Å²) in [6, 6.07) is 4.27. The molecular weight excluding hydrogens is 238 g/mol. The zero-order chi connectivity index (χ0) is 13.1. The van der Waals surface area contributed by atoms with Gasteiger partial charge in [0, 0.05) is 51.6 Å². The van der Waals surface area contributed by atoms with Gasteiger partial charge in [-0.3, -0.25) is 4.90 Å². The van der Waals surface area contributed by atoms with Crippen LogP contribution in [0, 0.1) is 5.92 Å². The Balaban J connectivity index is 1.74. The van der Waals surface area contributed by atoms with Crippen molar-refractivity contribution in [3.05, 3.63) is 23.9 Å². The number of fused-ring (bicyclic) bond motifs is 1. The van der Waals surface area contributed by atoms with Crippen molar-refractivity contribution < 1.29 is 4.74 Å². The van der Waals surface area contributed by atoms with Crippen LogP contribution in [0.15, 0.2) is 18.3 Å². The maximum Gasteiger partial charge on any atom is 0.133 e. The van der Waals surface area contributed by atoms with Crippen molar-refractivity contribution in [2.24, 2.45) is 5.92 Å². The highest BCUT2D eigenvalue weighted by Gasteiger charge is 2.27. The molecule has 4 heteroatoms. The molecule has 1 aromatic rings. The van der Waals surface area contributed by atoms with E-state index in [2.05, 4.69) is 20.9 Å². The largest absolute Gasteiger partial charge is 0.383 e. The molecule has 1 saturated carbocycles. The zero-order valence-electron chi connectivity index (χ0n) is 11.7. The third-order valence-corrected chi connectivity index (χ3v) is 4.03. The Kier molecular flexibility index (Phi) is 3.99. The van der Waals surface area contributed by atoms with Crippen LogP contribution in [0.3, 0.4) is 0 Å². The lowest BCUT2D eigenvalue weighted by Crippen LogP contribution is -2.34. The number of hydrogen-bond acceptors (Lipinski definition) is 4. The second-order valence-electron chi connectivity index (χ2n) is 5.64. The predicted octanol–water partition coefficient (Wildman–Crippen LogP) is 1.76. The Morgan fingerprint density at radius 2 is 2.26 bits per heavy atom. The van der Waals surface area contributed by atoms with Crippen LogP contribution in [0.5, 0.6) is 0 Å². The number of pyridine rings is 1.